The molecule has 5 heteroatoms. The second kappa shape index (κ2) is 6.12. The van der Waals surface area contributed by atoms with Crippen LogP contribution in [-0.2, 0) is 15.6 Å². The maximum atomic E-state index is 11.8. The van der Waals surface area contributed by atoms with Gasteiger partial charge in [-0.25, -0.2) is 8.42 Å². The molecule has 0 saturated carbocycles. The molecule has 0 aromatic heterocycles. The Hall–Kier alpha value is -0.940. The lowest BCUT2D eigenvalue weighted by Gasteiger charge is -2.08. The molecule has 0 heterocycles. The van der Waals surface area contributed by atoms with E-state index < -0.39 is 9.84 Å². The SMILES string of the molecule is CCCCS(=O)(=O)Cc1ccccc1C(N)=S. The summed E-state index contributed by atoms with van der Waals surface area (Å²) in [5.41, 5.74) is 6.92. The first kappa shape index (κ1) is 14.1. The summed E-state index contributed by atoms with van der Waals surface area (Å²) < 4.78 is 23.7. The molecule has 1 aromatic rings. The molecule has 17 heavy (non-hydrogen) atoms. The van der Waals surface area contributed by atoms with Gasteiger partial charge in [-0.2, -0.15) is 0 Å². The lowest BCUT2D eigenvalue weighted by atomic mass is 10.1. The number of rotatable bonds is 6. The molecule has 0 bridgehead atoms. The highest BCUT2D eigenvalue weighted by atomic mass is 32.2. The van der Waals surface area contributed by atoms with Crippen LogP contribution in [0.5, 0.6) is 0 Å². The predicted molar refractivity (Wildman–Crippen MR) is 74.7 cm³/mol. The molecule has 0 spiro atoms. The van der Waals surface area contributed by atoms with Crippen LogP contribution < -0.4 is 5.73 Å². The maximum absolute atomic E-state index is 11.8. The second-order valence-electron chi connectivity index (χ2n) is 3.97. The molecule has 94 valence electrons. The molecule has 2 N–H and O–H groups in total. The smallest absolute Gasteiger partial charge is 0.154 e. The lowest BCUT2D eigenvalue weighted by molar-refractivity contribution is 0.592. The number of thiocarbonyl (C=S) groups is 1. The van der Waals surface area contributed by atoms with Crippen molar-refractivity contribution in [3.63, 3.8) is 0 Å². The van der Waals surface area contributed by atoms with E-state index in [-0.39, 0.29) is 16.5 Å². The van der Waals surface area contributed by atoms with Crippen molar-refractivity contribution in [1.29, 1.82) is 0 Å². The summed E-state index contributed by atoms with van der Waals surface area (Å²) in [6.07, 6.45) is 1.56. The van der Waals surface area contributed by atoms with Crippen LogP contribution in [0.1, 0.15) is 30.9 Å². The first-order chi connectivity index (χ1) is 7.96. The van der Waals surface area contributed by atoms with Crippen molar-refractivity contribution >= 4 is 27.0 Å². The molecule has 0 unspecified atom stereocenters. The summed E-state index contributed by atoms with van der Waals surface area (Å²) in [4.78, 5) is 0.242. The molecule has 1 aromatic carbocycles. The molecule has 0 aliphatic carbocycles. The minimum atomic E-state index is -3.07. The Kier molecular flexibility index (Phi) is 5.08. The minimum absolute atomic E-state index is 0.0144. The fourth-order valence-corrected chi connectivity index (χ4v) is 3.36. The van der Waals surface area contributed by atoms with Crippen molar-refractivity contribution in [2.24, 2.45) is 5.73 Å². The third-order valence-electron chi connectivity index (χ3n) is 2.47. The Labute approximate surface area is 108 Å². The maximum Gasteiger partial charge on any atom is 0.154 e. The Morgan fingerprint density at radius 1 is 1.35 bits per heavy atom. The average molecular weight is 271 g/mol. The molecule has 0 radical (unpaired) electrons. The molecular formula is C12H17NO2S2. The van der Waals surface area contributed by atoms with Crippen molar-refractivity contribution < 1.29 is 8.42 Å². The molecule has 0 saturated heterocycles. The van der Waals surface area contributed by atoms with Gasteiger partial charge in [-0.3, -0.25) is 0 Å². The number of sulfone groups is 1. The number of nitrogens with two attached hydrogens (primary N) is 1. The van der Waals surface area contributed by atoms with E-state index in [0.717, 1.165) is 6.42 Å². The number of hydrogen-bond donors (Lipinski definition) is 1. The van der Waals surface area contributed by atoms with E-state index in [1.807, 2.05) is 6.92 Å². The predicted octanol–water partition coefficient (Wildman–Crippen LogP) is 2.04. The lowest BCUT2D eigenvalue weighted by Crippen LogP contribution is -2.16. The summed E-state index contributed by atoms with van der Waals surface area (Å²) in [5, 5.41) is 0. The largest absolute Gasteiger partial charge is 0.389 e. The van der Waals surface area contributed by atoms with E-state index in [1.54, 1.807) is 24.3 Å². The zero-order valence-electron chi connectivity index (χ0n) is 9.85. The van der Waals surface area contributed by atoms with Crippen molar-refractivity contribution in [2.45, 2.75) is 25.5 Å². The molecule has 0 aliphatic heterocycles. The van der Waals surface area contributed by atoms with Gasteiger partial charge in [-0.1, -0.05) is 49.8 Å². The van der Waals surface area contributed by atoms with Gasteiger partial charge >= 0.3 is 0 Å². The summed E-state index contributed by atoms with van der Waals surface area (Å²) in [6.45, 7) is 1.97. The van der Waals surface area contributed by atoms with E-state index in [0.29, 0.717) is 17.5 Å². The Morgan fingerprint density at radius 2 is 2.00 bits per heavy atom. The van der Waals surface area contributed by atoms with Crippen LogP contribution >= 0.6 is 12.2 Å². The van der Waals surface area contributed by atoms with Crippen molar-refractivity contribution in [3.05, 3.63) is 35.4 Å². The van der Waals surface area contributed by atoms with Crippen molar-refractivity contribution in [3.8, 4) is 0 Å². The van der Waals surface area contributed by atoms with Gasteiger partial charge in [0.05, 0.1) is 11.5 Å². The summed E-state index contributed by atoms with van der Waals surface area (Å²) >= 11 is 4.91. The van der Waals surface area contributed by atoms with Gasteiger partial charge in [0, 0.05) is 5.56 Å². The van der Waals surface area contributed by atoms with Crippen molar-refractivity contribution in [2.75, 3.05) is 5.75 Å². The van der Waals surface area contributed by atoms with Gasteiger partial charge < -0.3 is 5.73 Å². The van der Waals surface area contributed by atoms with E-state index in [1.165, 1.54) is 0 Å². The van der Waals surface area contributed by atoms with Gasteiger partial charge in [0.15, 0.2) is 9.84 Å². The molecule has 3 nitrogen and oxygen atoms in total. The van der Waals surface area contributed by atoms with E-state index in [4.69, 9.17) is 18.0 Å². The van der Waals surface area contributed by atoms with Gasteiger partial charge in [0.2, 0.25) is 0 Å². The van der Waals surface area contributed by atoms with Crippen LogP contribution in [0.15, 0.2) is 24.3 Å². The van der Waals surface area contributed by atoms with Crippen LogP contribution in [0.2, 0.25) is 0 Å². The van der Waals surface area contributed by atoms with Crippen LogP contribution in [0.25, 0.3) is 0 Å². The quantitative estimate of drug-likeness (QED) is 0.804. The van der Waals surface area contributed by atoms with Gasteiger partial charge in [0.1, 0.15) is 4.99 Å². The highest BCUT2D eigenvalue weighted by Gasteiger charge is 2.14. The molecule has 0 aliphatic rings. The Balaban J connectivity index is 2.92. The minimum Gasteiger partial charge on any atom is -0.389 e. The number of unbranched alkanes of at least 4 members (excludes halogenated alkanes) is 1. The van der Waals surface area contributed by atoms with Crippen molar-refractivity contribution in [1.82, 2.24) is 0 Å². The third-order valence-corrected chi connectivity index (χ3v) is 4.35. The highest BCUT2D eigenvalue weighted by Crippen LogP contribution is 2.14. The Morgan fingerprint density at radius 3 is 2.59 bits per heavy atom. The zero-order chi connectivity index (χ0) is 12.9. The van der Waals surface area contributed by atoms with Crippen LogP contribution in [0.4, 0.5) is 0 Å². The summed E-state index contributed by atoms with van der Waals surface area (Å²) in [7, 11) is -3.07. The molecule has 0 atom stereocenters. The van der Waals surface area contributed by atoms with E-state index >= 15 is 0 Å². The fraction of sp³-hybridized carbons (Fsp3) is 0.417. The van der Waals surface area contributed by atoms with Gasteiger partial charge in [0.25, 0.3) is 0 Å². The third kappa shape index (κ3) is 4.44. The first-order valence-electron chi connectivity index (χ1n) is 5.54. The molecular weight excluding hydrogens is 254 g/mol. The second-order valence-corrected chi connectivity index (χ2v) is 6.59. The zero-order valence-corrected chi connectivity index (χ0v) is 11.5. The summed E-state index contributed by atoms with van der Waals surface area (Å²) in [6, 6.07) is 7.12. The van der Waals surface area contributed by atoms with Crippen LogP contribution in [-0.4, -0.2) is 19.2 Å². The van der Waals surface area contributed by atoms with Crippen LogP contribution in [0.3, 0.4) is 0 Å². The summed E-state index contributed by atoms with van der Waals surface area (Å²) in [5.74, 6) is 0.232. The molecule has 1 rings (SSSR count). The van der Waals surface area contributed by atoms with Gasteiger partial charge in [-0.05, 0) is 12.0 Å². The van der Waals surface area contributed by atoms with Gasteiger partial charge in [-0.15, -0.1) is 0 Å². The monoisotopic (exact) mass is 271 g/mol. The molecule has 0 amide bonds. The van der Waals surface area contributed by atoms with Crippen LogP contribution in [0, 0.1) is 0 Å². The molecule has 0 fully saturated rings. The normalized spacial score (nSPS) is 11.4. The number of benzene rings is 1. The Bertz CT molecular complexity index is 495. The fourth-order valence-electron chi connectivity index (χ4n) is 1.56. The van der Waals surface area contributed by atoms with E-state index in [2.05, 4.69) is 0 Å². The first-order valence-corrected chi connectivity index (χ1v) is 7.77. The number of hydrogen-bond acceptors (Lipinski definition) is 3. The topological polar surface area (TPSA) is 60.2 Å². The standard InChI is InChI=1S/C12H17NO2S2/c1-2-3-8-17(14,15)9-10-6-4-5-7-11(10)12(13)16/h4-7H,2-3,8-9H2,1H3,(H2,13,16). The average Bonchev–Trinajstić information content (AvgIpc) is 2.26. The highest BCUT2D eigenvalue weighted by molar-refractivity contribution is 7.90. The van der Waals surface area contributed by atoms with E-state index in [9.17, 15) is 8.42 Å².